The molecule has 0 spiro atoms. The molecule has 3 aromatic rings. The Kier molecular flexibility index (Phi) is 6.20. The number of hydrogen-bond acceptors (Lipinski definition) is 3. The lowest BCUT2D eigenvalue weighted by atomic mass is 10.0. The van der Waals surface area contributed by atoms with Gasteiger partial charge in [0.25, 0.3) is 0 Å². The van der Waals surface area contributed by atoms with E-state index in [0.29, 0.717) is 12.5 Å². The topological polar surface area (TPSA) is 64.0 Å². The van der Waals surface area contributed by atoms with Gasteiger partial charge in [-0.1, -0.05) is 39.8 Å². The summed E-state index contributed by atoms with van der Waals surface area (Å²) in [4.78, 5) is 4.09. The Balaban J connectivity index is 1.97. The Morgan fingerprint density at radius 1 is 1.00 bits per heavy atom. The molecular weight excluding hydrogens is 370 g/mol. The summed E-state index contributed by atoms with van der Waals surface area (Å²) < 4.78 is 29.5. The van der Waals surface area contributed by atoms with Gasteiger partial charge in [0, 0.05) is 42.6 Å². The minimum atomic E-state index is -3.28. The van der Waals surface area contributed by atoms with Crippen LogP contribution in [0.25, 0.3) is 22.0 Å². The van der Waals surface area contributed by atoms with Crippen molar-refractivity contribution in [2.45, 2.75) is 40.8 Å². The average Bonchev–Trinajstić information content (AvgIpc) is 2.96. The lowest BCUT2D eigenvalue weighted by Crippen LogP contribution is -2.28. The van der Waals surface area contributed by atoms with E-state index in [1.54, 1.807) is 12.4 Å². The van der Waals surface area contributed by atoms with E-state index < -0.39 is 10.0 Å². The van der Waals surface area contributed by atoms with E-state index in [-0.39, 0.29) is 11.7 Å². The molecule has 0 aliphatic rings. The monoisotopic (exact) mass is 399 g/mol. The lowest BCUT2D eigenvalue weighted by molar-refractivity contribution is 0.534. The van der Waals surface area contributed by atoms with Gasteiger partial charge in [-0.3, -0.25) is 4.98 Å². The van der Waals surface area contributed by atoms with Gasteiger partial charge in [-0.2, -0.15) is 0 Å². The third-order valence-electron chi connectivity index (χ3n) is 4.58. The second-order valence-corrected chi connectivity index (χ2v) is 10.0. The fraction of sp³-hybridized carbons (Fsp3) is 0.409. The molecule has 0 bridgehead atoms. The number of aromatic nitrogens is 2. The molecule has 150 valence electrons. The summed E-state index contributed by atoms with van der Waals surface area (Å²) in [5.41, 5.74) is 4.38. The molecule has 1 N–H and O–H groups in total. The van der Waals surface area contributed by atoms with Crippen LogP contribution in [0.3, 0.4) is 0 Å². The molecule has 0 saturated heterocycles. The highest BCUT2D eigenvalue weighted by molar-refractivity contribution is 7.89. The fourth-order valence-electron chi connectivity index (χ4n) is 3.46. The normalized spacial score (nSPS) is 12.4. The zero-order valence-corrected chi connectivity index (χ0v) is 17.8. The first-order valence-corrected chi connectivity index (χ1v) is 11.4. The first-order chi connectivity index (χ1) is 13.2. The van der Waals surface area contributed by atoms with Crippen LogP contribution < -0.4 is 4.72 Å². The van der Waals surface area contributed by atoms with E-state index in [0.717, 1.165) is 34.1 Å². The molecule has 28 heavy (non-hydrogen) atoms. The van der Waals surface area contributed by atoms with Crippen LogP contribution in [-0.4, -0.2) is 23.7 Å². The summed E-state index contributed by atoms with van der Waals surface area (Å²) in [7, 11) is -3.28. The van der Waals surface area contributed by atoms with Gasteiger partial charge < -0.3 is 4.57 Å². The Morgan fingerprint density at radius 2 is 1.71 bits per heavy atom. The number of benzene rings is 1. The van der Waals surface area contributed by atoms with Crippen molar-refractivity contribution >= 4 is 20.9 Å². The number of hydrogen-bond donors (Lipinski definition) is 1. The fourth-order valence-corrected chi connectivity index (χ4v) is 4.83. The van der Waals surface area contributed by atoms with E-state index in [9.17, 15) is 8.42 Å². The molecule has 2 aromatic heterocycles. The first kappa shape index (κ1) is 20.6. The lowest BCUT2D eigenvalue weighted by Gasteiger charge is -2.09. The highest BCUT2D eigenvalue weighted by Gasteiger charge is 2.16. The summed E-state index contributed by atoms with van der Waals surface area (Å²) in [6.45, 7) is 9.39. The average molecular weight is 400 g/mol. The minimum Gasteiger partial charge on any atom is -0.347 e. The van der Waals surface area contributed by atoms with Crippen LogP contribution in [0.1, 0.15) is 33.3 Å². The van der Waals surface area contributed by atoms with Crippen molar-refractivity contribution in [3.63, 3.8) is 0 Å². The van der Waals surface area contributed by atoms with Crippen molar-refractivity contribution in [2.24, 2.45) is 11.8 Å². The maximum absolute atomic E-state index is 12.3. The number of pyridine rings is 1. The van der Waals surface area contributed by atoms with Gasteiger partial charge in [0.15, 0.2) is 0 Å². The number of nitrogens with one attached hydrogen (secondary N) is 1. The van der Waals surface area contributed by atoms with Crippen LogP contribution in [0.4, 0.5) is 0 Å². The highest BCUT2D eigenvalue weighted by Crippen LogP contribution is 2.28. The van der Waals surface area contributed by atoms with Crippen molar-refractivity contribution in [3.8, 4) is 11.1 Å². The summed E-state index contributed by atoms with van der Waals surface area (Å²) in [5, 5.41) is 1.09. The quantitative estimate of drug-likeness (QED) is 0.609. The maximum Gasteiger partial charge on any atom is 0.212 e. The van der Waals surface area contributed by atoms with Crippen LogP contribution >= 0.6 is 0 Å². The van der Waals surface area contributed by atoms with Crippen molar-refractivity contribution in [3.05, 3.63) is 54.5 Å². The minimum absolute atomic E-state index is 0.0997. The van der Waals surface area contributed by atoms with Crippen LogP contribution in [0.15, 0.2) is 48.9 Å². The molecule has 0 amide bonds. The van der Waals surface area contributed by atoms with Crippen LogP contribution in [0.2, 0.25) is 0 Å². The van der Waals surface area contributed by atoms with Crippen molar-refractivity contribution < 1.29 is 8.42 Å². The summed E-state index contributed by atoms with van der Waals surface area (Å²) >= 11 is 0. The van der Waals surface area contributed by atoms with Gasteiger partial charge in [-0.05, 0) is 46.7 Å². The van der Waals surface area contributed by atoms with Crippen molar-refractivity contribution in [1.29, 1.82) is 0 Å². The standard InChI is InChI=1S/C22H29N3O2S/c1-16(2)13-25-14-20(12-24-28(26,27)15-17(3)4)21-6-5-19(11-22(21)25)18-7-9-23-10-8-18/h5-11,14,16-17,24H,12-13,15H2,1-4H3. The van der Waals surface area contributed by atoms with E-state index in [4.69, 9.17) is 0 Å². The second-order valence-electron chi connectivity index (χ2n) is 8.16. The molecule has 0 unspecified atom stereocenters. The number of nitrogens with zero attached hydrogens (tertiary/aromatic N) is 2. The van der Waals surface area contributed by atoms with Crippen LogP contribution in [0, 0.1) is 11.8 Å². The van der Waals surface area contributed by atoms with Gasteiger partial charge in [0.05, 0.1) is 5.75 Å². The molecule has 0 aliphatic heterocycles. The molecule has 0 saturated carbocycles. The molecule has 0 atom stereocenters. The zero-order chi connectivity index (χ0) is 20.3. The molecule has 1 aromatic carbocycles. The molecule has 2 heterocycles. The third kappa shape index (κ3) is 5.00. The SMILES string of the molecule is CC(C)Cn1cc(CNS(=O)(=O)CC(C)C)c2ccc(-c3ccncc3)cc21. The predicted molar refractivity (Wildman–Crippen MR) is 115 cm³/mol. The number of sulfonamides is 1. The van der Waals surface area contributed by atoms with Gasteiger partial charge in [0.2, 0.25) is 10.0 Å². The van der Waals surface area contributed by atoms with E-state index in [1.807, 2.05) is 26.0 Å². The van der Waals surface area contributed by atoms with Crippen molar-refractivity contribution in [1.82, 2.24) is 14.3 Å². The first-order valence-electron chi connectivity index (χ1n) is 9.74. The summed E-state index contributed by atoms with van der Waals surface area (Å²) in [5.74, 6) is 0.734. The van der Waals surface area contributed by atoms with Crippen LogP contribution in [-0.2, 0) is 23.1 Å². The third-order valence-corrected chi connectivity index (χ3v) is 6.27. The molecule has 5 nitrogen and oxygen atoms in total. The Bertz CT molecular complexity index is 1040. The Morgan fingerprint density at radius 3 is 2.36 bits per heavy atom. The molecule has 0 fully saturated rings. The van der Waals surface area contributed by atoms with Gasteiger partial charge in [-0.15, -0.1) is 0 Å². The summed E-state index contributed by atoms with van der Waals surface area (Å²) in [6, 6.07) is 10.4. The Labute approximate surface area is 167 Å². The Hall–Kier alpha value is -2.18. The maximum atomic E-state index is 12.3. The van der Waals surface area contributed by atoms with Gasteiger partial charge >= 0.3 is 0 Å². The predicted octanol–water partition coefficient (Wildman–Crippen LogP) is 4.43. The highest BCUT2D eigenvalue weighted by atomic mass is 32.2. The smallest absolute Gasteiger partial charge is 0.212 e. The van der Waals surface area contributed by atoms with Gasteiger partial charge in [-0.25, -0.2) is 13.1 Å². The summed E-state index contributed by atoms with van der Waals surface area (Å²) in [6.07, 6.45) is 5.67. The molecular formula is C22H29N3O2S. The second kappa shape index (κ2) is 8.45. The van der Waals surface area contributed by atoms with E-state index in [2.05, 4.69) is 52.5 Å². The molecule has 6 heteroatoms. The zero-order valence-electron chi connectivity index (χ0n) is 17.0. The molecule has 0 aliphatic carbocycles. The van der Waals surface area contributed by atoms with E-state index in [1.165, 1.54) is 0 Å². The van der Waals surface area contributed by atoms with Gasteiger partial charge in [0.1, 0.15) is 0 Å². The number of fused-ring (bicyclic) bond motifs is 1. The van der Waals surface area contributed by atoms with Crippen molar-refractivity contribution in [2.75, 3.05) is 5.75 Å². The number of rotatable bonds is 8. The molecule has 3 rings (SSSR count). The largest absolute Gasteiger partial charge is 0.347 e. The molecule has 0 radical (unpaired) electrons. The van der Waals surface area contributed by atoms with Crippen LogP contribution in [0.5, 0.6) is 0 Å². The van der Waals surface area contributed by atoms with E-state index >= 15 is 0 Å².